The van der Waals surface area contributed by atoms with Gasteiger partial charge in [0, 0.05) is 21.1 Å². The molecule has 0 amide bonds. The van der Waals surface area contributed by atoms with Crippen molar-refractivity contribution in [3.8, 4) is 0 Å². The second-order valence-corrected chi connectivity index (χ2v) is 15.7. The number of nitrogens with zero attached hydrogens (tertiary/aromatic N) is 1. The summed E-state index contributed by atoms with van der Waals surface area (Å²) in [4.78, 5) is 0. The van der Waals surface area contributed by atoms with Crippen LogP contribution in [0.15, 0.2) is 182 Å². The van der Waals surface area contributed by atoms with Gasteiger partial charge in [-0.2, -0.15) is 0 Å². The van der Waals surface area contributed by atoms with Crippen LogP contribution in [0.25, 0.3) is 0 Å². The summed E-state index contributed by atoms with van der Waals surface area (Å²) in [5.74, 6) is 0. The van der Waals surface area contributed by atoms with E-state index in [1.165, 1.54) is 31.8 Å². The van der Waals surface area contributed by atoms with E-state index in [9.17, 15) is 0 Å². The molecule has 6 rings (SSSR count). The zero-order chi connectivity index (χ0) is 36.4. The summed E-state index contributed by atoms with van der Waals surface area (Å²) in [6.45, 7) is 22.5. The van der Waals surface area contributed by atoms with Gasteiger partial charge in [0.25, 0.3) is 0 Å². The molecule has 0 heterocycles. The molecular weight excluding hydrogens is 844 g/mol. The molecule has 0 aliphatic carbocycles. The predicted octanol–water partition coefficient (Wildman–Crippen LogP) is 6.67. The van der Waals surface area contributed by atoms with Gasteiger partial charge < -0.3 is 7.43 Å². The summed E-state index contributed by atoms with van der Waals surface area (Å²) in [6, 6.07) is 65.7. The van der Waals surface area contributed by atoms with Gasteiger partial charge in [-0.15, -0.1) is 4.17 Å². The molecule has 9 heteroatoms. The fourth-order valence-corrected chi connectivity index (χ4v) is 14.8. The van der Waals surface area contributed by atoms with E-state index in [1.54, 1.807) is 0 Å². The number of rotatable bonds is 6. The summed E-state index contributed by atoms with van der Waals surface area (Å²) in [5, 5.41) is 7.55. The Bertz CT molecular complexity index is 1650. The first kappa shape index (κ1) is 48.4. The fraction of sp³-hybridized carbons (Fsp3) is 0. The Morgan fingerprint density at radius 2 is 0.392 bits per heavy atom. The number of hydrogen-bond acceptors (Lipinski definition) is 0. The van der Waals surface area contributed by atoms with Crippen LogP contribution in [0.3, 0.4) is 0 Å². The Kier molecular flexibility index (Phi) is 26.6. The zero-order valence-corrected chi connectivity index (χ0v) is 32.3. The molecule has 0 aliphatic rings. The smallest absolute Gasteiger partial charge is 0.301 e. The van der Waals surface area contributed by atoms with E-state index in [0.29, 0.717) is 0 Å². The topological polar surface area (TPSA) is 114 Å². The van der Waals surface area contributed by atoms with Crippen LogP contribution in [0.4, 0.5) is 0 Å². The van der Waals surface area contributed by atoms with Crippen molar-refractivity contribution < 1.29 is 44.3 Å². The SMILES string of the molecule is [C-]#[O+].[C-]#[O+].[C-]#[O+].[C-]#[O+].[C-]#[O+].[CH3-].[W].c1ccc(P(=[N+]=P(c2ccccc2)(c2ccccc2)c2ccccc2)(c2ccccc2)c2ccccc2)cc1. The molecule has 252 valence electrons. The van der Waals surface area contributed by atoms with Crippen molar-refractivity contribution in [1.82, 2.24) is 4.17 Å². The van der Waals surface area contributed by atoms with Crippen LogP contribution in [0.5, 0.6) is 0 Å². The van der Waals surface area contributed by atoms with Crippen molar-refractivity contribution in [2.75, 3.05) is 0 Å². The van der Waals surface area contributed by atoms with E-state index in [4.69, 9.17) is 27.4 Å². The number of hydrogen-bond donors (Lipinski definition) is 0. The molecule has 6 nitrogen and oxygen atoms in total. The average Bonchev–Trinajstić information content (AvgIpc) is 3.24. The summed E-state index contributed by atoms with van der Waals surface area (Å²) < 4.78 is 43.9. The van der Waals surface area contributed by atoms with E-state index >= 15 is 0 Å². The second kappa shape index (κ2) is 28.0. The molecule has 0 radical (unpaired) electrons. The minimum atomic E-state index is -2.50. The van der Waals surface area contributed by atoms with Crippen LogP contribution in [-0.2, 0) is 44.3 Å². The van der Waals surface area contributed by atoms with Gasteiger partial charge in [-0.1, -0.05) is 109 Å². The van der Waals surface area contributed by atoms with Crippen LogP contribution in [0.2, 0.25) is 0 Å². The first-order chi connectivity index (χ1) is 24.3. The molecule has 0 saturated carbocycles. The van der Waals surface area contributed by atoms with Crippen molar-refractivity contribution in [2.45, 2.75) is 0 Å². The molecule has 6 aromatic rings. The normalized spacial score (nSPS) is 8.98. The quantitative estimate of drug-likeness (QED) is 0.0771. The second-order valence-electron chi connectivity index (χ2n) is 9.37. The van der Waals surface area contributed by atoms with Gasteiger partial charge in [-0.3, -0.25) is 0 Å². The van der Waals surface area contributed by atoms with Gasteiger partial charge in [0.05, 0.1) is 31.8 Å². The van der Waals surface area contributed by atoms with Crippen LogP contribution in [0.1, 0.15) is 0 Å². The Morgan fingerprint density at radius 1 is 0.275 bits per heavy atom. The predicted molar refractivity (Wildman–Crippen MR) is 198 cm³/mol. The Morgan fingerprint density at radius 3 is 0.510 bits per heavy atom. The van der Waals surface area contributed by atoms with Crippen LogP contribution in [0, 0.1) is 40.7 Å². The summed E-state index contributed by atoms with van der Waals surface area (Å²) in [5.41, 5.74) is 0. The standard InChI is InChI=1S/C36H30NP2.5CO.CH3.W/c1-7-19-31(20-8-1)38(32-21-9-2-10-22-32,33-23-11-3-12-24-33)37-39(34-25-13-4-14-26-34,35-27-15-5-16-28-35)36-29-17-6-18-30-36;5*1-2;;/h1-30H;;;;;;1H3;/q+1;;;;;;-1;. The molecule has 0 unspecified atom stereocenters. The van der Waals surface area contributed by atoms with Crippen molar-refractivity contribution in [1.29, 1.82) is 0 Å². The molecule has 0 fully saturated rings. The zero-order valence-electron chi connectivity index (χ0n) is 27.6. The van der Waals surface area contributed by atoms with Crippen LogP contribution in [-0.4, -0.2) is 0 Å². The van der Waals surface area contributed by atoms with Gasteiger partial charge in [-0.05, 0) is 72.8 Å². The summed E-state index contributed by atoms with van der Waals surface area (Å²) in [6.07, 6.45) is 0. The van der Waals surface area contributed by atoms with Crippen LogP contribution < -0.4 is 36.0 Å². The molecule has 0 bridgehead atoms. The number of benzene rings is 6. The van der Waals surface area contributed by atoms with E-state index in [1.807, 2.05) is 0 Å². The van der Waals surface area contributed by atoms with Crippen LogP contribution >= 0.6 is 14.1 Å². The third kappa shape index (κ3) is 11.7. The molecule has 0 atom stereocenters. The monoisotopic (exact) mass is 877 g/mol. The van der Waals surface area contributed by atoms with E-state index in [0.717, 1.165) is 0 Å². The van der Waals surface area contributed by atoms with Gasteiger partial charge in [0.15, 0.2) is 0 Å². The van der Waals surface area contributed by atoms with E-state index in [2.05, 4.69) is 215 Å². The van der Waals surface area contributed by atoms with Crippen molar-refractivity contribution >= 4 is 45.9 Å². The Hall–Kier alpha value is -4.72. The van der Waals surface area contributed by atoms with Gasteiger partial charge in [0.2, 0.25) is 0 Å². The van der Waals surface area contributed by atoms with E-state index < -0.39 is 14.1 Å². The third-order valence-corrected chi connectivity index (χ3v) is 15.5. The minimum absolute atomic E-state index is 0. The first-order valence-corrected chi connectivity index (χ1v) is 17.7. The van der Waals surface area contributed by atoms with Crippen molar-refractivity contribution in [3.05, 3.63) is 223 Å². The molecule has 0 aliphatic heterocycles. The molecule has 51 heavy (non-hydrogen) atoms. The van der Waals surface area contributed by atoms with E-state index in [-0.39, 0.29) is 28.5 Å². The van der Waals surface area contributed by atoms with Crippen molar-refractivity contribution in [2.24, 2.45) is 0 Å². The maximum absolute atomic E-state index is 7.50. The van der Waals surface area contributed by atoms with Gasteiger partial charge >= 0.3 is 70.6 Å². The average molecular weight is 878 g/mol. The maximum Gasteiger partial charge on any atom is 0.301 e. The Labute approximate surface area is 315 Å². The molecule has 0 saturated heterocycles. The Balaban J connectivity index is 0. The minimum Gasteiger partial charge on any atom is -0.358 e. The summed E-state index contributed by atoms with van der Waals surface area (Å²) >= 11 is 0. The van der Waals surface area contributed by atoms with Crippen molar-refractivity contribution in [3.63, 3.8) is 0 Å². The molecule has 0 spiro atoms. The molecular formula is C42H33NO5P2W. The summed E-state index contributed by atoms with van der Waals surface area (Å²) in [7, 11) is -4.99. The van der Waals surface area contributed by atoms with Gasteiger partial charge in [0.1, 0.15) is 0 Å². The molecule has 0 N–H and O–H groups in total. The molecule has 6 aromatic carbocycles. The third-order valence-electron chi connectivity index (χ3n) is 7.05. The first-order valence-electron chi connectivity index (χ1n) is 14.2. The fourth-order valence-electron chi connectivity index (χ4n) is 5.27. The largest absolute Gasteiger partial charge is 0.358 e. The van der Waals surface area contributed by atoms with Gasteiger partial charge in [-0.25, -0.2) is 0 Å². The molecule has 0 aromatic heterocycles. The maximum atomic E-state index is 7.50.